The zero-order valence-corrected chi connectivity index (χ0v) is 19.0. The molecule has 4 aromatic heterocycles. The summed E-state index contributed by atoms with van der Waals surface area (Å²) < 4.78 is 6.32. The number of tetrazole rings is 1. The van der Waals surface area contributed by atoms with Gasteiger partial charge in [0.15, 0.2) is 5.69 Å². The van der Waals surface area contributed by atoms with Gasteiger partial charge in [0.1, 0.15) is 5.65 Å². The minimum Gasteiger partial charge on any atom is -0.283 e. The van der Waals surface area contributed by atoms with E-state index in [4.69, 9.17) is 0 Å². The molecule has 33 heavy (non-hydrogen) atoms. The number of pyridine rings is 1. The average molecular weight is 461 g/mol. The van der Waals surface area contributed by atoms with Crippen molar-refractivity contribution >= 4 is 17.4 Å². The van der Waals surface area contributed by atoms with Crippen LogP contribution in [-0.4, -0.2) is 39.0 Å². The van der Waals surface area contributed by atoms with Crippen molar-refractivity contribution in [3.05, 3.63) is 92.4 Å². The van der Waals surface area contributed by atoms with Gasteiger partial charge in [0.2, 0.25) is 5.16 Å². The first kappa shape index (κ1) is 20.9. The zero-order valence-electron chi connectivity index (χ0n) is 18.2. The Kier molecular flexibility index (Phi) is 5.17. The number of benzene rings is 1. The second kappa shape index (κ2) is 8.17. The normalized spacial score (nSPS) is 11.4. The molecule has 0 saturated heterocycles. The van der Waals surface area contributed by atoms with Crippen molar-refractivity contribution in [2.24, 2.45) is 7.05 Å². The highest BCUT2D eigenvalue weighted by Crippen LogP contribution is 2.23. The standard InChI is InChI=1S/C22H20N8O2S/c1-14-8-7-11-28-18(31)12-16(23-20(14)28)13-33-22-24-25-26-29(22)19-15(2)27(3)30(21(19)32)17-9-5-4-6-10-17/h4-12H,13H2,1-3H3. The van der Waals surface area contributed by atoms with E-state index in [-0.39, 0.29) is 11.1 Å². The number of nitrogens with zero attached hydrogens (tertiary/aromatic N) is 8. The number of thioether (sulfide) groups is 1. The van der Waals surface area contributed by atoms with Crippen molar-refractivity contribution in [1.82, 2.24) is 39.0 Å². The lowest BCUT2D eigenvalue weighted by molar-refractivity contribution is 0.630. The number of hydrogen-bond donors (Lipinski definition) is 0. The van der Waals surface area contributed by atoms with E-state index in [0.29, 0.717) is 27.9 Å². The third-order valence-electron chi connectivity index (χ3n) is 5.46. The van der Waals surface area contributed by atoms with Crippen LogP contribution in [0, 0.1) is 13.8 Å². The highest BCUT2D eigenvalue weighted by atomic mass is 32.2. The number of rotatable bonds is 5. The molecule has 11 heteroatoms. The molecule has 0 spiro atoms. The molecule has 0 unspecified atom stereocenters. The van der Waals surface area contributed by atoms with Gasteiger partial charge in [-0.2, -0.15) is 4.68 Å². The third-order valence-corrected chi connectivity index (χ3v) is 6.42. The van der Waals surface area contributed by atoms with E-state index < -0.39 is 0 Å². The molecule has 0 bridgehead atoms. The first-order valence-corrected chi connectivity index (χ1v) is 11.2. The van der Waals surface area contributed by atoms with Crippen molar-refractivity contribution in [2.45, 2.75) is 24.8 Å². The van der Waals surface area contributed by atoms with Crippen molar-refractivity contribution < 1.29 is 0 Å². The summed E-state index contributed by atoms with van der Waals surface area (Å²) in [5.41, 5.74) is 3.60. The van der Waals surface area contributed by atoms with Gasteiger partial charge in [-0.15, -0.1) is 5.10 Å². The minimum absolute atomic E-state index is 0.149. The SMILES string of the molecule is Cc1cccn2c(=O)cc(CSc3nnnn3-c3c(C)n(C)n(-c4ccccc4)c3=O)nc12. The van der Waals surface area contributed by atoms with Gasteiger partial charge in [-0.25, -0.2) is 9.67 Å². The summed E-state index contributed by atoms with van der Waals surface area (Å²) in [4.78, 5) is 30.4. The zero-order chi connectivity index (χ0) is 23.1. The maximum absolute atomic E-state index is 13.3. The highest BCUT2D eigenvalue weighted by Gasteiger charge is 2.22. The second-order valence-electron chi connectivity index (χ2n) is 7.54. The fraction of sp³-hybridized carbons (Fsp3) is 0.182. The van der Waals surface area contributed by atoms with Crippen molar-refractivity contribution in [2.75, 3.05) is 0 Å². The van der Waals surface area contributed by atoms with Gasteiger partial charge in [-0.1, -0.05) is 36.0 Å². The Morgan fingerprint density at radius 3 is 2.61 bits per heavy atom. The highest BCUT2D eigenvalue weighted by molar-refractivity contribution is 7.98. The molecule has 5 aromatic rings. The fourth-order valence-corrected chi connectivity index (χ4v) is 4.50. The molecule has 0 amide bonds. The molecule has 0 atom stereocenters. The maximum Gasteiger partial charge on any atom is 0.297 e. The van der Waals surface area contributed by atoms with E-state index in [1.165, 1.54) is 26.9 Å². The first-order valence-electron chi connectivity index (χ1n) is 10.2. The van der Waals surface area contributed by atoms with Crippen molar-refractivity contribution in [3.8, 4) is 11.4 Å². The first-order chi connectivity index (χ1) is 16.0. The van der Waals surface area contributed by atoms with Gasteiger partial charge >= 0.3 is 0 Å². The quantitative estimate of drug-likeness (QED) is 0.370. The summed E-state index contributed by atoms with van der Waals surface area (Å²) >= 11 is 1.31. The van der Waals surface area contributed by atoms with E-state index in [1.54, 1.807) is 15.6 Å². The Labute approximate surface area is 192 Å². The summed E-state index contributed by atoms with van der Waals surface area (Å²) in [6.07, 6.45) is 1.70. The van der Waals surface area contributed by atoms with Crippen LogP contribution >= 0.6 is 11.8 Å². The van der Waals surface area contributed by atoms with Crippen LogP contribution in [0.3, 0.4) is 0 Å². The van der Waals surface area contributed by atoms with Crippen LogP contribution in [0.5, 0.6) is 0 Å². The molecule has 4 heterocycles. The van der Waals surface area contributed by atoms with Crippen LogP contribution < -0.4 is 11.1 Å². The van der Waals surface area contributed by atoms with Gasteiger partial charge in [0.05, 0.1) is 17.1 Å². The molecule has 0 fully saturated rings. The summed E-state index contributed by atoms with van der Waals surface area (Å²) in [5, 5.41) is 12.4. The molecule has 0 N–H and O–H groups in total. The molecule has 166 valence electrons. The van der Waals surface area contributed by atoms with Crippen LogP contribution in [0.4, 0.5) is 0 Å². The summed E-state index contributed by atoms with van der Waals surface area (Å²) in [6, 6.07) is 14.6. The molecular weight excluding hydrogens is 440 g/mol. The predicted octanol–water partition coefficient (Wildman–Crippen LogP) is 2.07. The second-order valence-corrected chi connectivity index (χ2v) is 8.49. The van der Waals surface area contributed by atoms with Gasteiger partial charge in [0, 0.05) is 25.1 Å². The van der Waals surface area contributed by atoms with Gasteiger partial charge in [-0.3, -0.25) is 18.7 Å². The number of para-hydroxylation sites is 1. The Morgan fingerprint density at radius 2 is 1.82 bits per heavy atom. The van der Waals surface area contributed by atoms with Crippen molar-refractivity contribution in [1.29, 1.82) is 0 Å². The Bertz CT molecular complexity index is 1600. The largest absolute Gasteiger partial charge is 0.297 e. The number of aromatic nitrogens is 8. The van der Waals surface area contributed by atoms with Gasteiger partial charge < -0.3 is 0 Å². The van der Waals surface area contributed by atoms with Crippen LogP contribution in [0.2, 0.25) is 0 Å². The van der Waals surface area contributed by atoms with Gasteiger partial charge in [0.25, 0.3) is 11.1 Å². The third kappa shape index (κ3) is 3.55. The van der Waals surface area contributed by atoms with Gasteiger partial charge in [-0.05, 0) is 48.0 Å². The number of aryl methyl sites for hydroxylation is 1. The molecule has 0 aliphatic heterocycles. The Balaban J connectivity index is 1.51. The molecule has 10 nitrogen and oxygen atoms in total. The predicted molar refractivity (Wildman–Crippen MR) is 124 cm³/mol. The van der Waals surface area contributed by atoms with Crippen LogP contribution in [0.1, 0.15) is 17.0 Å². The van der Waals surface area contributed by atoms with E-state index in [1.807, 2.05) is 63.4 Å². The van der Waals surface area contributed by atoms with E-state index in [0.717, 1.165) is 16.9 Å². The summed E-state index contributed by atoms with van der Waals surface area (Å²) in [7, 11) is 1.82. The van der Waals surface area contributed by atoms with Crippen LogP contribution in [0.25, 0.3) is 17.0 Å². The minimum atomic E-state index is -0.229. The number of fused-ring (bicyclic) bond motifs is 1. The molecule has 1 aromatic carbocycles. The molecule has 0 saturated carbocycles. The maximum atomic E-state index is 13.3. The molecular formula is C22H20N8O2S. The monoisotopic (exact) mass is 460 g/mol. The number of hydrogen-bond acceptors (Lipinski definition) is 7. The molecule has 0 aliphatic rings. The average Bonchev–Trinajstić information content (AvgIpc) is 3.35. The van der Waals surface area contributed by atoms with Crippen LogP contribution in [0.15, 0.2) is 69.5 Å². The fourth-order valence-electron chi connectivity index (χ4n) is 3.73. The lowest BCUT2D eigenvalue weighted by Gasteiger charge is -2.07. The Hall–Kier alpha value is -3.99. The van der Waals surface area contributed by atoms with E-state index in [9.17, 15) is 9.59 Å². The molecule has 0 aliphatic carbocycles. The summed E-state index contributed by atoms with van der Waals surface area (Å²) in [6.45, 7) is 3.76. The van der Waals surface area contributed by atoms with E-state index in [2.05, 4.69) is 20.5 Å². The lowest BCUT2D eigenvalue weighted by atomic mass is 10.3. The topological polar surface area (TPSA) is 105 Å². The van der Waals surface area contributed by atoms with E-state index >= 15 is 0 Å². The lowest BCUT2D eigenvalue weighted by Crippen LogP contribution is -2.22. The molecule has 5 rings (SSSR count). The van der Waals surface area contributed by atoms with Crippen molar-refractivity contribution in [3.63, 3.8) is 0 Å². The smallest absolute Gasteiger partial charge is 0.283 e. The Morgan fingerprint density at radius 1 is 1.03 bits per heavy atom. The molecule has 0 radical (unpaired) electrons. The van der Waals surface area contributed by atoms with Crippen LogP contribution in [-0.2, 0) is 12.8 Å². The summed E-state index contributed by atoms with van der Waals surface area (Å²) in [5.74, 6) is 0.374.